The second-order valence-corrected chi connectivity index (χ2v) is 4.86. The number of anilines is 1. The van der Waals surface area contributed by atoms with Crippen molar-refractivity contribution in [3.63, 3.8) is 0 Å². The van der Waals surface area contributed by atoms with E-state index in [0.717, 1.165) is 28.4 Å². The molecular weight excluding hydrogens is 238 g/mol. The molecule has 102 valence electrons. The number of nitrogens with zero attached hydrogens (tertiary/aromatic N) is 2. The molecule has 0 fully saturated rings. The molecule has 0 saturated heterocycles. The van der Waals surface area contributed by atoms with Gasteiger partial charge in [0, 0.05) is 18.2 Å². The number of rotatable bonds is 4. The Morgan fingerprint density at radius 3 is 2.63 bits per heavy atom. The summed E-state index contributed by atoms with van der Waals surface area (Å²) in [5.41, 5.74) is 9.12. The smallest absolute Gasteiger partial charge is 0.128 e. The van der Waals surface area contributed by atoms with Gasteiger partial charge in [0.25, 0.3) is 0 Å². The number of hydrogen-bond acceptors (Lipinski definition) is 3. The fourth-order valence-corrected chi connectivity index (χ4v) is 2.27. The molecule has 1 aromatic carbocycles. The Labute approximate surface area is 114 Å². The zero-order valence-corrected chi connectivity index (χ0v) is 12.0. The molecule has 2 N–H and O–H groups in total. The number of nitrogens with two attached hydrogens (primary N) is 1. The molecule has 0 radical (unpaired) electrons. The Morgan fingerprint density at radius 1 is 1.32 bits per heavy atom. The van der Waals surface area contributed by atoms with E-state index in [1.165, 1.54) is 0 Å². The standard InChI is InChI=1S/C15H21N3O/c1-5-19-12-9-7-6-8-11(12)14-13(10(2)3)15(16)18(4)17-14/h6-10H,5,16H2,1-4H3. The van der Waals surface area contributed by atoms with E-state index in [4.69, 9.17) is 10.5 Å². The van der Waals surface area contributed by atoms with E-state index in [9.17, 15) is 0 Å². The molecule has 0 aliphatic heterocycles. The lowest BCUT2D eigenvalue weighted by molar-refractivity contribution is 0.341. The third-order valence-corrected chi connectivity index (χ3v) is 3.15. The highest BCUT2D eigenvalue weighted by atomic mass is 16.5. The SMILES string of the molecule is CCOc1ccccc1-c1nn(C)c(N)c1C(C)C. The van der Waals surface area contributed by atoms with Crippen LogP contribution < -0.4 is 10.5 Å². The lowest BCUT2D eigenvalue weighted by Gasteiger charge is -2.11. The normalized spacial score (nSPS) is 11.0. The van der Waals surface area contributed by atoms with Crippen molar-refractivity contribution < 1.29 is 4.74 Å². The highest BCUT2D eigenvalue weighted by Crippen LogP contribution is 2.37. The van der Waals surface area contributed by atoms with Gasteiger partial charge in [-0.05, 0) is 25.0 Å². The maximum absolute atomic E-state index is 6.13. The van der Waals surface area contributed by atoms with Crippen LogP contribution in [0.4, 0.5) is 5.82 Å². The van der Waals surface area contributed by atoms with Crippen LogP contribution >= 0.6 is 0 Å². The van der Waals surface area contributed by atoms with E-state index in [0.29, 0.717) is 12.5 Å². The summed E-state index contributed by atoms with van der Waals surface area (Å²) in [7, 11) is 1.87. The van der Waals surface area contributed by atoms with Crippen molar-refractivity contribution in [3.8, 4) is 17.0 Å². The fraction of sp³-hybridized carbons (Fsp3) is 0.400. The summed E-state index contributed by atoms with van der Waals surface area (Å²) >= 11 is 0. The van der Waals surface area contributed by atoms with E-state index in [2.05, 4.69) is 18.9 Å². The Bertz CT molecular complexity index is 573. The lowest BCUT2D eigenvalue weighted by Crippen LogP contribution is -2.00. The first-order chi connectivity index (χ1) is 9.06. The average Bonchev–Trinajstić information content (AvgIpc) is 2.67. The first kappa shape index (κ1) is 13.5. The van der Waals surface area contributed by atoms with Crippen molar-refractivity contribution in [2.45, 2.75) is 26.7 Å². The van der Waals surface area contributed by atoms with E-state index >= 15 is 0 Å². The molecule has 1 heterocycles. The van der Waals surface area contributed by atoms with Gasteiger partial charge in [0.1, 0.15) is 17.3 Å². The Hall–Kier alpha value is -1.97. The highest BCUT2D eigenvalue weighted by molar-refractivity contribution is 5.74. The van der Waals surface area contributed by atoms with Crippen LogP contribution in [0.5, 0.6) is 5.75 Å². The molecule has 0 unspecified atom stereocenters. The van der Waals surface area contributed by atoms with Crippen molar-refractivity contribution in [1.82, 2.24) is 9.78 Å². The minimum Gasteiger partial charge on any atom is -0.493 e. The molecule has 4 nitrogen and oxygen atoms in total. The summed E-state index contributed by atoms with van der Waals surface area (Å²) < 4.78 is 7.41. The molecule has 0 spiro atoms. The van der Waals surface area contributed by atoms with Gasteiger partial charge in [-0.25, -0.2) is 0 Å². The molecule has 0 aliphatic carbocycles. The molecular formula is C15H21N3O. The maximum atomic E-state index is 6.13. The van der Waals surface area contributed by atoms with Crippen LogP contribution in [0.1, 0.15) is 32.3 Å². The Morgan fingerprint density at radius 2 is 2.00 bits per heavy atom. The van der Waals surface area contributed by atoms with E-state index in [1.54, 1.807) is 4.68 Å². The monoisotopic (exact) mass is 259 g/mol. The van der Waals surface area contributed by atoms with Gasteiger partial charge in [-0.15, -0.1) is 0 Å². The predicted octanol–water partition coefficient (Wildman–Crippen LogP) is 3.19. The molecule has 2 aromatic rings. The first-order valence-electron chi connectivity index (χ1n) is 6.60. The molecule has 0 bridgehead atoms. The minimum atomic E-state index is 0.318. The number of hydrogen-bond donors (Lipinski definition) is 1. The molecule has 1 aromatic heterocycles. The van der Waals surface area contributed by atoms with Crippen LogP contribution in [0.2, 0.25) is 0 Å². The first-order valence-corrected chi connectivity index (χ1v) is 6.60. The summed E-state index contributed by atoms with van der Waals surface area (Å²) in [5.74, 6) is 1.89. The van der Waals surface area contributed by atoms with Crippen LogP contribution in [0.25, 0.3) is 11.3 Å². The van der Waals surface area contributed by atoms with Gasteiger partial charge in [0.05, 0.1) is 6.61 Å². The predicted molar refractivity (Wildman–Crippen MR) is 78.3 cm³/mol. The van der Waals surface area contributed by atoms with Gasteiger partial charge in [0.15, 0.2) is 0 Å². The summed E-state index contributed by atoms with van der Waals surface area (Å²) in [5, 5.41) is 4.56. The van der Waals surface area contributed by atoms with E-state index < -0.39 is 0 Å². The van der Waals surface area contributed by atoms with Gasteiger partial charge in [-0.2, -0.15) is 5.10 Å². The lowest BCUT2D eigenvalue weighted by atomic mass is 9.98. The van der Waals surface area contributed by atoms with Crippen LogP contribution in [0.3, 0.4) is 0 Å². The third-order valence-electron chi connectivity index (χ3n) is 3.15. The Kier molecular flexibility index (Phi) is 3.79. The second-order valence-electron chi connectivity index (χ2n) is 4.86. The highest BCUT2D eigenvalue weighted by Gasteiger charge is 2.20. The van der Waals surface area contributed by atoms with Crippen molar-refractivity contribution in [3.05, 3.63) is 29.8 Å². The average molecular weight is 259 g/mol. The van der Waals surface area contributed by atoms with Crippen LogP contribution in [-0.4, -0.2) is 16.4 Å². The summed E-state index contributed by atoms with van der Waals surface area (Å²) in [4.78, 5) is 0. The summed E-state index contributed by atoms with van der Waals surface area (Å²) in [6.07, 6.45) is 0. The van der Waals surface area contributed by atoms with Gasteiger partial charge < -0.3 is 10.5 Å². The zero-order valence-electron chi connectivity index (χ0n) is 12.0. The fourth-order valence-electron chi connectivity index (χ4n) is 2.27. The largest absolute Gasteiger partial charge is 0.493 e. The zero-order chi connectivity index (χ0) is 14.0. The number of aromatic nitrogens is 2. The van der Waals surface area contributed by atoms with E-state index in [1.807, 2.05) is 38.2 Å². The Balaban J connectivity index is 2.62. The summed E-state index contributed by atoms with van der Waals surface area (Å²) in [6.45, 7) is 6.86. The molecule has 19 heavy (non-hydrogen) atoms. The number of benzene rings is 1. The number of para-hydroxylation sites is 1. The summed E-state index contributed by atoms with van der Waals surface area (Å²) in [6, 6.07) is 7.95. The number of nitrogen functional groups attached to an aromatic ring is 1. The van der Waals surface area contributed by atoms with Gasteiger partial charge in [-0.1, -0.05) is 26.0 Å². The molecule has 0 aliphatic rings. The molecule has 0 amide bonds. The van der Waals surface area contributed by atoms with Crippen LogP contribution in [-0.2, 0) is 7.05 Å². The molecule has 2 rings (SSSR count). The van der Waals surface area contributed by atoms with Crippen LogP contribution in [0.15, 0.2) is 24.3 Å². The maximum Gasteiger partial charge on any atom is 0.128 e. The van der Waals surface area contributed by atoms with Gasteiger partial charge >= 0.3 is 0 Å². The third kappa shape index (κ3) is 2.43. The second kappa shape index (κ2) is 5.34. The number of ether oxygens (including phenoxy) is 1. The van der Waals surface area contributed by atoms with Crippen molar-refractivity contribution >= 4 is 5.82 Å². The quantitative estimate of drug-likeness (QED) is 0.917. The minimum absolute atomic E-state index is 0.318. The van der Waals surface area contributed by atoms with Crippen molar-refractivity contribution in [1.29, 1.82) is 0 Å². The topological polar surface area (TPSA) is 53.1 Å². The number of aryl methyl sites for hydroxylation is 1. The van der Waals surface area contributed by atoms with Gasteiger partial charge in [0.2, 0.25) is 0 Å². The van der Waals surface area contributed by atoms with Gasteiger partial charge in [-0.3, -0.25) is 4.68 Å². The van der Waals surface area contributed by atoms with E-state index in [-0.39, 0.29) is 0 Å². The molecule has 0 saturated carbocycles. The molecule has 4 heteroatoms. The molecule has 0 atom stereocenters. The van der Waals surface area contributed by atoms with Crippen molar-refractivity contribution in [2.75, 3.05) is 12.3 Å². The van der Waals surface area contributed by atoms with Crippen molar-refractivity contribution in [2.24, 2.45) is 7.05 Å². The van der Waals surface area contributed by atoms with Crippen LogP contribution in [0, 0.1) is 0 Å².